The molecular weight excluding hydrogens is 374 g/mol. The Morgan fingerprint density at radius 1 is 1.17 bits per heavy atom. The van der Waals surface area contributed by atoms with E-state index in [2.05, 4.69) is 70.5 Å². The summed E-state index contributed by atoms with van der Waals surface area (Å²) in [6, 6.07) is 9.29. The van der Waals surface area contributed by atoms with Gasteiger partial charge in [0.1, 0.15) is 0 Å². The highest BCUT2D eigenvalue weighted by atomic mass is 16.5. The molecule has 2 aliphatic rings. The van der Waals surface area contributed by atoms with E-state index in [0.717, 1.165) is 51.7 Å². The fourth-order valence-corrected chi connectivity index (χ4v) is 4.52. The first kappa shape index (κ1) is 23.0. The SMILES string of the molecule is CCN1CCN(C(C)CNC(=NC)NCC2CCCOC2c2ccc(C)cc2)CC1. The van der Waals surface area contributed by atoms with Crippen LogP contribution in [0.3, 0.4) is 0 Å². The van der Waals surface area contributed by atoms with Gasteiger partial charge >= 0.3 is 0 Å². The van der Waals surface area contributed by atoms with Crippen molar-refractivity contribution in [2.75, 3.05) is 59.5 Å². The number of rotatable bonds is 7. The molecular formula is C24H41N5O. The van der Waals surface area contributed by atoms with Crippen molar-refractivity contribution in [1.29, 1.82) is 0 Å². The fraction of sp³-hybridized carbons (Fsp3) is 0.708. The first-order valence-electron chi connectivity index (χ1n) is 11.7. The number of benzene rings is 1. The van der Waals surface area contributed by atoms with E-state index in [-0.39, 0.29) is 6.10 Å². The van der Waals surface area contributed by atoms with E-state index < -0.39 is 0 Å². The van der Waals surface area contributed by atoms with E-state index in [9.17, 15) is 0 Å². The van der Waals surface area contributed by atoms with Crippen molar-refractivity contribution in [3.63, 3.8) is 0 Å². The molecule has 1 aromatic carbocycles. The summed E-state index contributed by atoms with van der Waals surface area (Å²) < 4.78 is 6.17. The van der Waals surface area contributed by atoms with E-state index >= 15 is 0 Å². The zero-order valence-corrected chi connectivity index (χ0v) is 19.4. The van der Waals surface area contributed by atoms with Gasteiger partial charge < -0.3 is 20.3 Å². The minimum atomic E-state index is 0.166. The monoisotopic (exact) mass is 415 g/mol. The quantitative estimate of drug-likeness (QED) is 0.530. The molecule has 3 rings (SSSR count). The Labute approximate surface area is 183 Å². The third kappa shape index (κ3) is 6.43. The number of aliphatic imine (C=N–C) groups is 1. The van der Waals surface area contributed by atoms with Gasteiger partial charge in [-0.15, -0.1) is 0 Å². The van der Waals surface area contributed by atoms with Crippen LogP contribution in [0, 0.1) is 12.8 Å². The summed E-state index contributed by atoms with van der Waals surface area (Å²) in [5.41, 5.74) is 2.58. The molecule has 0 aliphatic carbocycles. The Balaban J connectivity index is 1.46. The summed E-state index contributed by atoms with van der Waals surface area (Å²) in [5, 5.41) is 7.09. The number of piperazine rings is 1. The predicted molar refractivity (Wildman–Crippen MR) is 125 cm³/mol. The molecule has 0 radical (unpaired) electrons. The number of guanidine groups is 1. The smallest absolute Gasteiger partial charge is 0.191 e. The second-order valence-corrected chi connectivity index (χ2v) is 8.76. The molecule has 2 aliphatic heterocycles. The molecule has 2 heterocycles. The van der Waals surface area contributed by atoms with Crippen LogP contribution >= 0.6 is 0 Å². The molecule has 6 nitrogen and oxygen atoms in total. The molecule has 1 aromatic rings. The Bertz CT molecular complexity index is 654. The molecule has 0 aromatic heterocycles. The van der Waals surface area contributed by atoms with Gasteiger partial charge in [0.2, 0.25) is 0 Å². The Kier molecular flexibility index (Phi) is 8.97. The van der Waals surface area contributed by atoms with E-state index in [1.165, 1.54) is 30.6 Å². The third-order valence-electron chi connectivity index (χ3n) is 6.65. The van der Waals surface area contributed by atoms with Gasteiger partial charge in [0.25, 0.3) is 0 Å². The van der Waals surface area contributed by atoms with E-state index in [4.69, 9.17) is 4.74 Å². The molecule has 168 valence electrons. The maximum absolute atomic E-state index is 6.17. The van der Waals surface area contributed by atoms with E-state index in [1.807, 2.05) is 7.05 Å². The van der Waals surface area contributed by atoms with Crippen LogP contribution in [-0.2, 0) is 4.74 Å². The largest absolute Gasteiger partial charge is 0.373 e. The van der Waals surface area contributed by atoms with Gasteiger partial charge in [0, 0.05) is 64.9 Å². The van der Waals surface area contributed by atoms with Gasteiger partial charge in [0.05, 0.1) is 6.10 Å². The van der Waals surface area contributed by atoms with Crippen LogP contribution in [-0.4, -0.2) is 81.3 Å². The zero-order valence-electron chi connectivity index (χ0n) is 19.4. The lowest BCUT2D eigenvalue weighted by atomic mass is 9.89. The number of hydrogen-bond acceptors (Lipinski definition) is 4. The average Bonchev–Trinajstić information content (AvgIpc) is 2.80. The number of ether oxygens (including phenoxy) is 1. The van der Waals surface area contributed by atoms with Crippen LogP contribution in [0.4, 0.5) is 0 Å². The van der Waals surface area contributed by atoms with Crippen molar-refractivity contribution in [3.8, 4) is 0 Å². The summed E-state index contributed by atoms with van der Waals surface area (Å²) >= 11 is 0. The van der Waals surface area contributed by atoms with Crippen LogP contribution < -0.4 is 10.6 Å². The molecule has 0 saturated carbocycles. The number of hydrogen-bond donors (Lipinski definition) is 2. The van der Waals surface area contributed by atoms with Crippen molar-refractivity contribution in [2.24, 2.45) is 10.9 Å². The van der Waals surface area contributed by atoms with Gasteiger partial charge in [-0.25, -0.2) is 0 Å². The molecule has 0 bridgehead atoms. The van der Waals surface area contributed by atoms with Gasteiger partial charge in [-0.1, -0.05) is 36.8 Å². The first-order valence-corrected chi connectivity index (χ1v) is 11.7. The topological polar surface area (TPSA) is 52.1 Å². The molecule has 2 N–H and O–H groups in total. The summed E-state index contributed by atoms with van der Waals surface area (Å²) in [7, 11) is 1.86. The Hall–Kier alpha value is -1.63. The van der Waals surface area contributed by atoms with Crippen molar-refractivity contribution in [3.05, 3.63) is 35.4 Å². The second-order valence-electron chi connectivity index (χ2n) is 8.76. The number of likely N-dealkylation sites (N-methyl/N-ethyl adjacent to an activating group) is 1. The van der Waals surface area contributed by atoms with Gasteiger partial charge in [-0.3, -0.25) is 9.89 Å². The summed E-state index contributed by atoms with van der Waals surface area (Å²) in [6.07, 6.45) is 2.47. The molecule has 0 amide bonds. The van der Waals surface area contributed by atoms with Crippen molar-refractivity contribution < 1.29 is 4.74 Å². The second kappa shape index (κ2) is 11.7. The lowest BCUT2D eigenvalue weighted by molar-refractivity contribution is -0.0265. The van der Waals surface area contributed by atoms with E-state index in [1.54, 1.807) is 0 Å². The molecule has 6 heteroatoms. The highest BCUT2D eigenvalue weighted by Gasteiger charge is 2.27. The molecule has 3 atom stereocenters. The van der Waals surface area contributed by atoms with Crippen LogP contribution in [0.25, 0.3) is 0 Å². The average molecular weight is 416 g/mol. The number of aryl methyl sites for hydroxylation is 1. The highest BCUT2D eigenvalue weighted by molar-refractivity contribution is 5.79. The molecule has 0 spiro atoms. The minimum absolute atomic E-state index is 0.166. The van der Waals surface area contributed by atoms with Crippen LogP contribution in [0.1, 0.15) is 43.9 Å². The molecule has 3 unspecified atom stereocenters. The third-order valence-corrected chi connectivity index (χ3v) is 6.65. The van der Waals surface area contributed by atoms with Gasteiger partial charge in [-0.2, -0.15) is 0 Å². The first-order chi connectivity index (χ1) is 14.6. The van der Waals surface area contributed by atoms with Gasteiger partial charge in [0.15, 0.2) is 5.96 Å². The molecule has 30 heavy (non-hydrogen) atoms. The molecule has 2 saturated heterocycles. The Morgan fingerprint density at radius 3 is 2.57 bits per heavy atom. The predicted octanol–water partition coefficient (Wildman–Crippen LogP) is 2.65. The van der Waals surface area contributed by atoms with Crippen molar-refractivity contribution >= 4 is 5.96 Å². The lowest BCUT2D eigenvalue weighted by Gasteiger charge is -2.38. The summed E-state index contributed by atoms with van der Waals surface area (Å²) in [4.78, 5) is 9.55. The highest BCUT2D eigenvalue weighted by Crippen LogP contribution is 2.33. The van der Waals surface area contributed by atoms with Crippen molar-refractivity contribution in [2.45, 2.75) is 45.8 Å². The van der Waals surface area contributed by atoms with Crippen LogP contribution in [0.2, 0.25) is 0 Å². The number of nitrogens with one attached hydrogen (secondary N) is 2. The summed E-state index contributed by atoms with van der Waals surface area (Å²) in [6.45, 7) is 15.1. The number of nitrogens with zero attached hydrogens (tertiary/aromatic N) is 3. The molecule has 2 fully saturated rings. The van der Waals surface area contributed by atoms with E-state index in [0.29, 0.717) is 12.0 Å². The van der Waals surface area contributed by atoms with Crippen molar-refractivity contribution in [1.82, 2.24) is 20.4 Å². The maximum Gasteiger partial charge on any atom is 0.191 e. The zero-order chi connectivity index (χ0) is 21.3. The van der Waals surface area contributed by atoms with Gasteiger partial charge in [-0.05, 0) is 38.8 Å². The van der Waals surface area contributed by atoms with Crippen LogP contribution in [0.15, 0.2) is 29.3 Å². The Morgan fingerprint density at radius 2 is 1.90 bits per heavy atom. The lowest BCUT2D eigenvalue weighted by Crippen LogP contribution is -2.53. The normalized spacial score (nSPS) is 25.1. The standard InChI is InChI=1S/C24H41N5O/c1-5-28-12-14-29(15-13-28)20(3)17-26-24(25-4)27-18-22-7-6-16-30-23(22)21-10-8-19(2)9-11-21/h8-11,20,22-23H,5-7,12-18H2,1-4H3,(H2,25,26,27). The summed E-state index contributed by atoms with van der Waals surface area (Å²) in [5.74, 6) is 1.35. The maximum atomic E-state index is 6.17. The minimum Gasteiger partial charge on any atom is -0.373 e. The van der Waals surface area contributed by atoms with Crippen LogP contribution in [0.5, 0.6) is 0 Å². The fourth-order valence-electron chi connectivity index (χ4n) is 4.52.